The molecule has 152 valence electrons. The Hall–Kier alpha value is -2.48. The Kier molecular flexibility index (Phi) is 7.78. The minimum absolute atomic E-state index is 0.0740. The highest BCUT2D eigenvalue weighted by atomic mass is 16.6. The summed E-state index contributed by atoms with van der Waals surface area (Å²) in [4.78, 5) is 22.2. The Balaban J connectivity index is 1.35. The van der Waals surface area contributed by atoms with E-state index in [1.54, 1.807) is 17.3 Å². The largest absolute Gasteiger partial charge is 0.449 e. The minimum atomic E-state index is -0.214. The SMILES string of the molecule is CCCCCCOC(=O)N1CCC(OCc2nc(-c3ccncc3)no2)CC1. The van der Waals surface area contributed by atoms with Crippen molar-refractivity contribution in [3.8, 4) is 11.4 Å². The summed E-state index contributed by atoms with van der Waals surface area (Å²) in [6.07, 6.45) is 9.19. The monoisotopic (exact) mass is 388 g/mol. The van der Waals surface area contributed by atoms with E-state index in [2.05, 4.69) is 22.0 Å². The maximum Gasteiger partial charge on any atom is 0.409 e. The Bertz CT molecular complexity index is 714. The number of hydrogen-bond acceptors (Lipinski definition) is 7. The maximum atomic E-state index is 12.1. The number of likely N-dealkylation sites (tertiary alicyclic amines) is 1. The smallest absolute Gasteiger partial charge is 0.409 e. The number of nitrogens with zero attached hydrogens (tertiary/aromatic N) is 4. The van der Waals surface area contributed by atoms with E-state index in [0.717, 1.165) is 31.2 Å². The van der Waals surface area contributed by atoms with Gasteiger partial charge in [-0.2, -0.15) is 4.98 Å². The first-order valence-corrected chi connectivity index (χ1v) is 10.0. The van der Waals surface area contributed by atoms with Gasteiger partial charge in [-0.1, -0.05) is 31.3 Å². The third kappa shape index (κ3) is 6.02. The van der Waals surface area contributed by atoms with Gasteiger partial charge in [0, 0.05) is 31.0 Å². The van der Waals surface area contributed by atoms with Gasteiger partial charge in [-0.25, -0.2) is 4.79 Å². The molecule has 2 aromatic heterocycles. The van der Waals surface area contributed by atoms with Crippen LogP contribution in [0.25, 0.3) is 11.4 Å². The third-order valence-corrected chi connectivity index (χ3v) is 4.77. The van der Waals surface area contributed by atoms with Gasteiger partial charge < -0.3 is 18.9 Å². The van der Waals surface area contributed by atoms with E-state index in [1.165, 1.54) is 12.8 Å². The van der Waals surface area contributed by atoms with Crippen LogP contribution in [0.15, 0.2) is 29.0 Å². The highest BCUT2D eigenvalue weighted by Gasteiger charge is 2.24. The summed E-state index contributed by atoms with van der Waals surface area (Å²) in [6.45, 7) is 4.22. The van der Waals surface area contributed by atoms with Crippen molar-refractivity contribution in [2.75, 3.05) is 19.7 Å². The molecule has 1 aliphatic rings. The van der Waals surface area contributed by atoms with Crippen LogP contribution in [-0.4, -0.2) is 51.9 Å². The van der Waals surface area contributed by atoms with Gasteiger partial charge in [-0.3, -0.25) is 4.98 Å². The third-order valence-electron chi connectivity index (χ3n) is 4.77. The molecule has 0 atom stereocenters. The Morgan fingerprint density at radius 2 is 2.00 bits per heavy atom. The number of pyridine rings is 1. The van der Waals surface area contributed by atoms with Crippen molar-refractivity contribution in [1.29, 1.82) is 0 Å². The molecule has 0 aromatic carbocycles. The highest BCUT2D eigenvalue weighted by Crippen LogP contribution is 2.18. The number of hydrogen-bond donors (Lipinski definition) is 0. The molecule has 8 nitrogen and oxygen atoms in total. The zero-order valence-electron chi connectivity index (χ0n) is 16.4. The van der Waals surface area contributed by atoms with Gasteiger partial charge in [0.05, 0.1) is 12.7 Å². The van der Waals surface area contributed by atoms with Gasteiger partial charge in [-0.15, -0.1) is 0 Å². The molecule has 0 spiro atoms. The van der Waals surface area contributed by atoms with E-state index in [4.69, 9.17) is 14.0 Å². The molecule has 2 aromatic rings. The van der Waals surface area contributed by atoms with E-state index in [0.29, 0.717) is 31.4 Å². The second-order valence-corrected chi connectivity index (χ2v) is 6.92. The number of carbonyl (C=O) groups is 1. The first-order chi connectivity index (χ1) is 13.8. The van der Waals surface area contributed by atoms with Crippen molar-refractivity contribution < 1.29 is 18.8 Å². The zero-order chi connectivity index (χ0) is 19.6. The fourth-order valence-corrected chi connectivity index (χ4v) is 3.11. The summed E-state index contributed by atoms with van der Waals surface area (Å²) in [6, 6.07) is 3.65. The van der Waals surface area contributed by atoms with Crippen LogP contribution in [0, 0.1) is 0 Å². The first-order valence-electron chi connectivity index (χ1n) is 10.0. The molecule has 1 aliphatic heterocycles. The van der Waals surface area contributed by atoms with Crippen LogP contribution in [0.3, 0.4) is 0 Å². The van der Waals surface area contributed by atoms with Crippen molar-refractivity contribution in [3.63, 3.8) is 0 Å². The average Bonchev–Trinajstić information content (AvgIpc) is 3.22. The standard InChI is InChI=1S/C20H28N4O4/c1-2-3-4-5-14-26-20(25)24-12-8-17(9-13-24)27-15-18-22-19(23-28-18)16-6-10-21-11-7-16/h6-7,10-11,17H,2-5,8-9,12-15H2,1H3. The van der Waals surface area contributed by atoms with Crippen molar-refractivity contribution in [2.45, 2.75) is 58.2 Å². The van der Waals surface area contributed by atoms with Gasteiger partial charge in [0.25, 0.3) is 5.89 Å². The summed E-state index contributed by atoms with van der Waals surface area (Å²) in [5.74, 6) is 0.971. The predicted molar refractivity (Wildman–Crippen MR) is 102 cm³/mol. The number of piperidine rings is 1. The highest BCUT2D eigenvalue weighted by molar-refractivity contribution is 5.67. The van der Waals surface area contributed by atoms with Crippen molar-refractivity contribution in [2.24, 2.45) is 0 Å². The summed E-state index contributed by atoms with van der Waals surface area (Å²) in [5.41, 5.74) is 0.853. The van der Waals surface area contributed by atoms with Gasteiger partial charge in [-0.05, 0) is 31.4 Å². The van der Waals surface area contributed by atoms with Crippen molar-refractivity contribution in [1.82, 2.24) is 20.0 Å². The number of rotatable bonds is 9. The number of unbranched alkanes of at least 4 members (excludes halogenated alkanes) is 3. The summed E-state index contributed by atoms with van der Waals surface area (Å²) in [7, 11) is 0. The zero-order valence-corrected chi connectivity index (χ0v) is 16.4. The quantitative estimate of drug-likeness (QED) is 0.603. The van der Waals surface area contributed by atoms with Crippen LogP contribution >= 0.6 is 0 Å². The first kappa shape index (κ1) is 20.3. The molecule has 1 saturated heterocycles. The lowest BCUT2D eigenvalue weighted by Gasteiger charge is -2.30. The molecule has 0 radical (unpaired) electrons. The molecule has 3 heterocycles. The van der Waals surface area contributed by atoms with Crippen LogP contribution in [0.1, 0.15) is 51.3 Å². The molecular formula is C20H28N4O4. The van der Waals surface area contributed by atoms with Gasteiger partial charge >= 0.3 is 6.09 Å². The molecule has 0 aliphatic carbocycles. The predicted octanol–water partition coefficient (Wildman–Crippen LogP) is 3.83. The van der Waals surface area contributed by atoms with Crippen molar-refractivity contribution >= 4 is 6.09 Å². The molecule has 0 N–H and O–H groups in total. The molecule has 3 rings (SSSR count). The summed E-state index contributed by atoms with van der Waals surface area (Å²) < 4.78 is 16.5. The number of amides is 1. The van der Waals surface area contributed by atoms with E-state index in [9.17, 15) is 4.79 Å². The fraction of sp³-hybridized carbons (Fsp3) is 0.600. The van der Waals surface area contributed by atoms with Crippen LogP contribution in [0.4, 0.5) is 4.79 Å². The number of aromatic nitrogens is 3. The van der Waals surface area contributed by atoms with Crippen LogP contribution < -0.4 is 0 Å². The average molecular weight is 388 g/mol. The topological polar surface area (TPSA) is 90.6 Å². The Morgan fingerprint density at radius 1 is 1.21 bits per heavy atom. The molecule has 8 heteroatoms. The van der Waals surface area contributed by atoms with Gasteiger partial charge in [0.1, 0.15) is 6.61 Å². The summed E-state index contributed by atoms with van der Waals surface area (Å²) in [5, 5.41) is 3.97. The lowest BCUT2D eigenvalue weighted by atomic mass is 10.1. The lowest BCUT2D eigenvalue weighted by Crippen LogP contribution is -2.41. The fourth-order valence-electron chi connectivity index (χ4n) is 3.11. The van der Waals surface area contributed by atoms with Crippen molar-refractivity contribution in [3.05, 3.63) is 30.4 Å². The maximum absolute atomic E-state index is 12.1. The molecule has 0 bridgehead atoms. The molecule has 0 saturated carbocycles. The Labute approximate surface area is 165 Å². The molecule has 1 amide bonds. The van der Waals surface area contributed by atoms with Gasteiger partial charge in [0.15, 0.2) is 0 Å². The van der Waals surface area contributed by atoms with E-state index in [-0.39, 0.29) is 18.8 Å². The molecule has 0 unspecified atom stereocenters. The van der Waals surface area contributed by atoms with Crippen LogP contribution in [0.5, 0.6) is 0 Å². The summed E-state index contributed by atoms with van der Waals surface area (Å²) >= 11 is 0. The normalized spacial score (nSPS) is 15.0. The molecule has 28 heavy (non-hydrogen) atoms. The lowest BCUT2D eigenvalue weighted by molar-refractivity contribution is -0.0125. The van der Waals surface area contributed by atoms with E-state index >= 15 is 0 Å². The molecular weight excluding hydrogens is 360 g/mol. The van der Waals surface area contributed by atoms with E-state index in [1.807, 2.05) is 12.1 Å². The number of carbonyl (C=O) groups excluding carboxylic acids is 1. The van der Waals surface area contributed by atoms with Crippen LogP contribution in [0.2, 0.25) is 0 Å². The Morgan fingerprint density at radius 3 is 2.75 bits per heavy atom. The van der Waals surface area contributed by atoms with Gasteiger partial charge in [0.2, 0.25) is 5.82 Å². The minimum Gasteiger partial charge on any atom is -0.449 e. The second-order valence-electron chi connectivity index (χ2n) is 6.92. The van der Waals surface area contributed by atoms with E-state index < -0.39 is 0 Å². The number of ether oxygens (including phenoxy) is 2. The second kappa shape index (κ2) is 10.8. The van der Waals surface area contributed by atoms with Crippen LogP contribution in [-0.2, 0) is 16.1 Å². The molecule has 1 fully saturated rings.